The molecule has 0 aromatic carbocycles. The Morgan fingerprint density at radius 2 is 2.38 bits per heavy atom. The van der Waals surface area contributed by atoms with Crippen LogP contribution in [0, 0.1) is 6.92 Å². The molecule has 0 saturated heterocycles. The van der Waals surface area contributed by atoms with Crippen molar-refractivity contribution < 1.29 is 9.42 Å². The van der Waals surface area contributed by atoms with E-state index in [9.17, 15) is 4.79 Å². The predicted molar refractivity (Wildman–Crippen MR) is 45.0 cm³/mol. The summed E-state index contributed by atoms with van der Waals surface area (Å²) in [6.45, 7) is 3.84. The van der Waals surface area contributed by atoms with E-state index < -0.39 is 0 Å². The third kappa shape index (κ3) is 2.25. The van der Waals surface area contributed by atoms with Crippen LogP contribution in [0.2, 0.25) is 0 Å². The van der Waals surface area contributed by atoms with E-state index >= 15 is 0 Å². The maximum absolute atomic E-state index is 11.4. The van der Waals surface area contributed by atoms with Gasteiger partial charge in [0, 0.05) is 12.6 Å². The fourth-order valence-electron chi connectivity index (χ4n) is 0.789. The molecule has 1 amide bonds. The smallest absolute Gasteiger partial charge is 0.275 e. The lowest BCUT2D eigenvalue weighted by Gasteiger charge is -2.08. The molecule has 0 fully saturated rings. The van der Waals surface area contributed by atoms with Crippen molar-refractivity contribution in [2.45, 2.75) is 19.9 Å². The van der Waals surface area contributed by atoms with E-state index in [1.807, 2.05) is 0 Å². The van der Waals surface area contributed by atoms with Crippen LogP contribution >= 0.6 is 0 Å². The zero-order chi connectivity index (χ0) is 9.84. The second-order valence-corrected chi connectivity index (χ2v) is 2.81. The fraction of sp³-hybridized carbons (Fsp3) is 0.571. The molecular weight excluding hydrogens is 172 g/mol. The summed E-state index contributed by atoms with van der Waals surface area (Å²) in [5.41, 5.74) is 6.02. The molecule has 6 nitrogen and oxygen atoms in total. The van der Waals surface area contributed by atoms with Gasteiger partial charge in [0.25, 0.3) is 5.91 Å². The van der Waals surface area contributed by atoms with Crippen molar-refractivity contribution in [1.82, 2.24) is 15.6 Å². The van der Waals surface area contributed by atoms with Gasteiger partial charge in [-0.15, -0.1) is 0 Å². The first-order chi connectivity index (χ1) is 6.15. The largest absolute Gasteiger partial charge is 0.347 e. The molecule has 1 rings (SSSR count). The maximum Gasteiger partial charge on any atom is 0.275 e. The van der Waals surface area contributed by atoms with Gasteiger partial charge in [0.2, 0.25) is 0 Å². The Kier molecular flexibility index (Phi) is 2.97. The molecule has 0 aliphatic heterocycles. The summed E-state index contributed by atoms with van der Waals surface area (Å²) in [5.74, 6) is -0.309. The minimum atomic E-state index is -0.309. The number of aryl methyl sites for hydroxylation is 1. The Morgan fingerprint density at radius 3 is 2.85 bits per heavy atom. The summed E-state index contributed by atoms with van der Waals surface area (Å²) >= 11 is 0. The molecule has 0 unspecified atom stereocenters. The van der Waals surface area contributed by atoms with Crippen molar-refractivity contribution in [2.75, 3.05) is 6.54 Å². The lowest BCUT2D eigenvalue weighted by atomic mass is 10.3. The Balaban J connectivity index is 2.64. The summed E-state index contributed by atoms with van der Waals surface area (Å²) in [6, 6.07) is -0.0800. The van der Waals surface area contributed by atoms with Gasteiger partial charge in [-0.3, -0.25) is 4.79 Å². The minimum absolute atomic E-state index is 0.0800. The molecule has 1 aromatic rings. The topological polar surface area (TPSA) is 94.0 Å². The summed E-state index contributed by atoms with van der Waals surface area (Å²) in [5, 5.41) is 9.60. The van der Waals surface area contributed by atoms with Crippen LogP contribution in [0.1, 0.15) is 23.1 Å². The number of aromatic nitrogens is 2. The van der Waals surface area contributed by atoms with Crippen LogP contribution in [-0.4, -0.2) is 28.8 Å². The zero-order valence-electron chi connectivity index (χ0n) is 7.57. The van der Waals surface area contributed by atoms with Crippen molar-refractivity contribution >= 4 is 5.91 Å². The predicted octanol–water partition coefficient (Wildman–Crippen LogP) is -0.545. The molecule has 3 N–H and O–H groups in total. The summed E-state index contributed by atoms with van der Waals surface area (Å²) in [6.07, 6.45) is 0. The Morgan fingerprint density at radius 1 is 1.69 bits per heavy atom. The van der Waals surface area contributed by atoms with Crippen molar-refractivity contribution in [3.05, 3.63) is 11.4 Å². The molecule has 1 atom stereocenters. The number of rotatable bonds is 3. The number of amides is 1. The third-order valence-corrected chi connectivity index (χ3v) is 1.60. The van der Waals surface area contributed by atoms with Crippen LogP contribution in [0.15, 0.2) is 4.63 Å². The summed E-state index contributed by atoms with van der Waals surface area (Å²) in [4.78, 5) is 11.4. The average molecular weight is 184 g/mol. The maximum atomic E-state index is 11.4. The van der Waals surface area contributed by atoms with Gasteiger partial charge in [-0.1, -0.05) is 5.16 Å². The number of carbonyl (C=O) groups excluding carboxylic acids is 1. The third-order valence-electron chi connectivity index (χ3n) is 1.60. The van der Waals surface area contributed by atoms with Crippen molar-refractivity contribution in [1.29, 1.82) is 0 Å². The monoisotopic (exact) mass is 184 g/mol. The van der Waals surface area contributed by atoms with Crippen LogP contribution in [0.5, 0.6) is 0 Å². The van der Waals surface area contributed by atoms with E-state index in [1.165, 1.54) is 0 Å². The fourth-order valence-corrected chi connectivity index (χ4v) is 0.789. The van der Waals surface area contributed by atoms with E-state index in [4.69, 9.17) is 5.73 Å². The molecule has 0 saturated carbocycles. The molecule has 0 aliphatic carbocycles. The highest BCUT2D eigenvalue weighted by molar-refractivity contribution is 5.93. The average Bonchev–Trinajstić information content (AvgIpc) is 2.51. The van der Waals surface area contributed by atoms with Crippen molar-refractivity contribution in [3.63, 3.8) is 0 Å². The molecule has 1 heterocycles. The first-order valence-corrected chi connectivity index (χ1v) is 3.95. The van der Waals surface area contributed by atoms with E-state index in [1.54, 1.807) is 13.8 Å². The molecule has 13 heavy (non-hydrogen) atoms. The van der Waals surface area contributed by atoms with Crippen molar-refractivity contribution in [3.8, 4) is 0 Å². The second-order valence-electron chi connectivity index (χ2n) is 2.81. The van der Waals surface area contributed by atoms with Gasteiger partial charge in [0.1, 0.15) is 5.69 Å². The van der Waals surface area contributed by atoms with E-state index in [-0.39, 0.29) is 17.6 Å². The van der Waals surface area contributed by atoms with Gasteiger partial charge < -0.3 is 11.1 Å². The van der Waals surface area contributed by atoms with E-state index in [2.05, 4.69) is 20.3 Å². The van der Waals surface area contributed by atoms with Gasteiger partial charge in [-0.2, -0.15) is 0 Å². The van der Waals surface area contributed by atoms with Crippen LogP contribution in [0.3, 0.4) is 0 Å². The Hall–Kier alpha value is -1.43. The summed E-state index contributed by atoms with van der Waals surface area (Å²) < 4.78 is 4.39. The second kappa shape index (κ2) is 3.99. The van der Waals surface area contributed by atoms with Crippen LogP contribution in [-0.2, 0) is 0 Å². The number of hydrogen-bond donors (Lipinski definition) is 2. The summed E-state index contributed by atoms with van der Waals surface area (Å²) in [7, 11) is 0. The molecule has 1 aromatic heterocycles. The standard InChI is InChI=1S/C7H12N4O2/c1-4(3-8)9-7(12)6-5(2)10-13-11-6/h4H,3,8H2,1-2H3,(H,9,12)/t4-/m1/s1. The SMILES string of the molecule is Cc1nonc1C(=O)N[C@H](C)CN. The first-order valence-electron chi connectivity index (χ1n) is 3.95. The zero-order valence-corrected chi connectivity index (χ0v) is 7.57. The quantitative estimate of drug-likeness (QED) is 0.657. The highest BCUT2D eigenvalue weighted by Gasteiger charge is 2.15. The lowest BCUT2D eigenvalue weighted by molar-refractivity contribution is 0.0931. The number of nitrogens with one attached hydrogen (secondary N) is 1. The molecule has 0 aliphatic rings. The molecule has 6 heteroatoms. The van der Waals surface area contributed by atoms with Gasteiger partial charge in [0.15, 0.2) is 5.69 Å². The molecule has 72 valence electrons. The van der Waals surface area contributed by atoms with Gasteiger partial charge in [-0.25, -0.2) is 4.63 Å². The molecular formula is C7H12N4O2. The van der Waals surface area contributed by atoms with Crippen LogP contribution in [0.4, 0.5) is 0 Å². The highest BCUT2D eigenvalue weighted by atomic mass is 16.6. The number of nitrogens with zero attached hydrogens (tertiary/aromatic N) is 2. The van der Waals surface area contributed by atoms with E-state index in [0.717, 1.165) is 0 Å². The van der Waals surface area contributed by atoms with Gasteiger partial charge >= 0.3 is 0 Å². The number of hydrogen-bond acceptors (Lipinski definition) is 5. The molecule has 0 radical (unpaired) electrons. The first kappa shape index (κ1) is 9.66. The highest BCUT2D eigenvalue weighted by Crippen LogP contribution is 1.99. The van der Waals surface area contributed by atoms with Gasteiger partial charge in [0.05, 0.1) is 0 Å². The van der Waals surface area contributed by atoms with Crippen LogP contribution in [0.25, 0.3) is 0 Å². The Bertz CT molecular complexity index is 296. The van der Waals surface area contributed by atoms with Gasteiger partial charge in [-0.05, 0) is 19.0 Å². The number of carbonyl (C=O) groups is 1. The van der Waals surface area contributed by atoms with E-state index in [0.29, 0.717) is 12.2 Å². The molecule has 0 bridgehead atoms. The minimum Gasteiger partial charge on any atom is -0.347 e. The lowest BCUT2D eigenvalue weighted by Crippen LogP contribution is -2.38. The van der Waals surface area contributed by atoms with Crippen molar-refractivity contribution in [2.24, 2.45) is 5.73 Å². The number of nitrogens with two attached hydrogens (primary N) is 1. The molecule has 0 spiro atoms. The normalized spacial score (nSPS) is 12.5. The van der Waals surface area contributed by atoms with Crippen LogP contribution < -0.4 is 11.1 Å². The Labute approximate surface area is 75.4 Å².